The Morgan fingerprint density at radius 3 is 2.38 bits per heavy atom. The number of anilines is 2. The highest BCUT2D eigenvalue weighted by Gasteiger charge is 2.35. The van der Waals surface area contributed by atoms with E-state index in [1.54, 1.807) is 55.8 Å². The molecule has 42 heavy (non-hydrogen) atoms. The minimum Gasteiger partial charge on any atom is -0.497 e. The van der Waals surface area contributed by atoms with E-state index in [2.05, 4.69) is 15.6 Å². The molecule has 1 fully saturated rings. The van der Waals surface area contributed by atoms with Crippen LogP contribution in [0.4, 0.5) is 11.5 Å². The molecule has 2 aromatic carbocycles. The van der Waals surface area contributed by atoms with Crippen molar-refractivity contribution in [2.24, 2.45) is 0 Å². The van der Waals surface area contributed by atoms with Crippen LogP contribution in [0, 0.1) is 0 Å². The molecular weight excluding hydrogens is 532 g/mol. The number of benzene rings is 2. The SMILES string of the molecule is CCOc1ccccc1N(C(=O)CCCC(=O)Nc1ccccn1)C(C(=O)NC1CCCCC1)c1ccc(OC)cc1. The molecule has 9 heteroatoms. The van der Waals surface area contributed by atoms with E-state index in [-0.39, 0.29) is 36.6 Å². The predicted molar refractivity (Wildman–Crippen MR) is 163 cm³/mol. The number of nitrogens with zero attached hydrogens (tertiary/aromatic N) is 2. The fraction of sp³-hybridized carbons (Fsp3) is 0.394. The number of aromatic nitrogens is 1. The van der Waals surface area contributed by atoms with E-state index in [9.17, 15) is 14.4 Å². The van der Waals surface area contributed by atoms with Crippen LogP contribution in [0.1, 0.15) is 69.9 Å². The van der Waals surface area contributed by atoms with Crippen molar-refractivity contribution < 1.29 is 23.9 Å². The summed E-state index contributed by atoms with van der Waals surface area (Å²) in [7, 11) is 1.58. The topological polar surface area (TPSA) is 110 Å². The summed E-state index contributed by atoms with van der Waals surface area (Å²) in [5.41, 5.74) is 1.15. The van der Waals surface area contributed by atoms with Gasteiger partial charge in [-0.3, -0.25) is 19.3 Å². The maximum Gasteiger partial charge on any atom is 0.248 e. The van der Waals surface area contributed by atoms with Crippen LogP contribution >= 0.6 is 0 Å². The standard InChI is InChI=1S/C33H40N4O5/c1-3-42-28-15-8-7-14-27(28)37(31(39)18-11-17-30(38)36-29-16-9-10-23-34-29)32(24-19-21-26(41-2)22-20-24)33(40)35-25-12-5-4-6-13-25/h7-10,14-16,19-23,25,32H,3-6,11-13,17-18H2,1-2H3,(H,35,40)(H,34,36,38). The van der Waals surface area contributed by atoms with E-state index in [0.717, 1.165) is 32.1 Å². The lowest BCUT2D eigenvalue weighted by Crippen LogP contribution is -2.47. The van der Waals surface area contributed by atoms with Crippen LogP contribution in [0.5, 0.6) is 11.5 Å². The largest absolute Gasteiger partial charge is 0.497 e. The van der Waals surface area contributed by atoms with Crippen molar-refractivity contribution >= 4 is 29.2 Å². The van der Waals surface area contributed by atoms with Crippen LogP contribution in [0.2, 0.25) is 0 Å². The summed E-state index contributed by atoms with van der Waals surface area (Å²) < 4.78 is 11.3. The normalized spacial score (nSPS) is 14.0. The number of methoxy groups -OCH3 is 1. The van der Waals surface area contributed by atoms with E-state index < -0.39 is 6.04 Å². The Labute approximate surface area is 247 Å². The zero-order chi connectivity index (χ0) is 29.7. The van der Waals surface area contributed by atoms with E-state index >= 15 is 0 Å². The molecule has 0 saturated heterocycles. The number of ether oxygens (including phenoxy) is 2. The zero-order valence-corrected chi connectivity index (χ0v) is 24.4. The van der Waals surface area contributed by atoms with Gasteiger partial charge in [-0.2, -0.15) is 0 Å². The molecular formula is C33H40N4O5. The first kappa shape index (κ1) is 30.6. The molecule has 1 atom stereocenters. The van der Waals surface area contributed by atoms with Gasteiger partial charge in [-0.05, 0) is 68.1 Å². The van der Waals surface area contributed by atoms with Crippen molar-refractivity contribution in [3.05, 3.63) is 78.5 Å². The number of nitrogens with one attached hydrogen (secondary N) is 2. The average Bonchev–Trinajstić information content (AvgIpc) is 3.01. The second-order valence-electron chi connectivity index (χ2n) is 10.3. The van der Waals surface area contributed by atoms with Crippen molar-refractivity contribution in [1.82, 2.24) is 10.3 Å². The van der Waals surface area contributed by atoms with Gasteiger partial charge in [-0.15, -0.1) is 0 Å². The van der Waals surface area contributed by atoms with E-state index in [1.807, 2.05) is 31.2 Å². The molecule has 4 rings (SSSR count). The Bertz CT molecular complexity index is 1310. The van der Waals surface area contributed by atoms with Gasteiger partial charge in [0.2, 0.25) is 17.7 Å². The van der Waals surface area contributed by atoms with Crippen molar-refractivity contribution in [2.75, 3.05) is 23.9 Å². The molecule has 1 aromatic heterocycles. The van der Waals surface area contributed by atoms with E-state index in [0.29, 0.717) is 41.6 Å². The number of amides is 3. The molecule has 0 bridgehead atoms. The van der Waals surface area contributed by atoms with Gasteiger partial charge < -0.3 is 20.1 Å². The molecule has 9 nitrogen and oxygen atoms in total. The summed E-state index contributed by atoms with van der Waals surface area (Å²) >= 11 is 0. The minimum absolute atomic E-state index is 0.0550. The van der Waals surface area contributed by atoms with Gasteiger partial charge >= 0.3 is 0 Å². The van der Waals surface area contributed by atoms with Crippen LogP contribution in [-0.4, -0.2) is 42.5 Å². The Morgan fingerprint density at radius 2 is 1.69 bits per heavy atom. The highest BCUT2D eigenvalue weighted by atomic mass is 16.5. The van der Waals surface area contributed by atoms with E-state index in [4.69, 9.17) is 9.47 Å². The molecule has 0 radical (unpaired) electrons. The van der Waals surface area contributed by atoms with Crippen LogP contribution < -0.4 is 25.0 Å². The number of carbonyl (C=O) groups excluding carboxylic acids is 3. The highest BCUT2D eigenvalue weighted by Crippen LogP contribution is 2.36. The quantitative estimate of drug-likeness (QED) is 0.267. The second kappa shape index (κ2) is 15.6. The van der Waals surface area contributed by atoms with Crippen molar-refractivity contribution in [3.63, 3.8) is 0 Å². The lowest BCUT2D eigenvalue weighted by molar-refractivity contribution is -0.127. The third kappa shape index (κ3) is 8.31. The van der Waals surface area contributed by atoms with Gasteiger partial charge in [0.05, 0.1) is 19.4 Å². The zero-order valence-electron chi connectivity index (χ0n) is 24.4. The Balaban J connectivity index is 1.63. The molecule has 1 heterocycles. The van der Waals surface area contributed by atoms with Crippen molar-refractivity contribution in [2.45, 2.75) is 70.4 Å². The Hall–Kier alpha value is -4.40. The molecule has 3 amide bonds. The number of hydrogen-bond acceptors (Lipinski definition) is 6. The fourth-order valence-corrected chi connectivity index (χ4v) is 5.24. The first-order valence-electron chi connectivity index (χ1n) is 14.7. The lowest BCUT2D eigenvalue weighted by Gasteiger charge is -2.34. The summed E-state index contributed by atoms with van der Waals surface area (Å²) in [4.78, 5) is 46.4. The van der Waals surface area contributed by atoms with E-state index in [1.165, 1.54) is 4.90 Å². The first-order valence-corrected chi connectivity index (χ1v) is 14.7. The number of carbonyl (C=O) groups is 3. The molecule has 222 valence electrons. The van der Waals surface area contributed by atoms with Crippen molar-refractivity contribution in [1.29, 1.82) is 0 Å². The Kier molecular flexibility index (Phi) is 11.3. The average molecular weight is 573 g/mol. The van der Waals surface area contributed by atoms with Gasteiger partial charge in [0.25, 0.3) is 0 Å². The van der Waals surface area contributed by atoms with Gasteiger partial charge in [0.1, 0.15) is 23.4 Å². The van der Waals surface area contributed by atoms with Gasteiger partial charge in [0.15, 0.2) is 0 Å². The molecule has 0 spiro atoms. The minimum atomic E-state index is -0.950. The van der Waals surface area contributed by atoms with Gasteiger partial charge in [-0.25, -0.2) is 4.98 Å². The molecule has 1 saturated carbocycles. The third-order valence-electron chi connectivity index (χ3n) is 7.31. The molecule has 1 aliphatic carbocycles. The molecule has 0 aliphatic heterocycles. The van der Waals surface area contributed by atoms with Crippen LogP contribution in [0.25, 0.3) is 0 Å². The first-order chi connectivity index (χ1) is 20.5. The smallest absolute Gasteiger partial charge is 0.248 e. The Morgan fingerprint density at radius 1 is 0.952 bits per heavy atom. The lowest BCUT2D eigenvalue weighted by atomic mass is 9.94. The number of hydrogen-bond donors (Lipinski definition) is 2. The molecule has 1 unspecified atom stereocenters. The third-order valence-corrected chi connectivity index (χ3v) is 7.31. The maximum absolute atomic E-state index is 14.1. The van der Waals surface area contributed by atoms with Gasteiger partial charge in [-0.1, -0.05) is 49.6 Å². The summed E-state index contributed by atoms with van der Waals surface area (Å²) in [6.07, 6.45) is 7.20. The fourth-order valence-electron chi connectivity index (χ4n) is 5.24. The predicted octanol–water partition coefficient (Wildman–Crippen LogP) is 5.82. The van der Waals surface area contributed by atoms with Crippen molar-refractivity contribution in [3.8, 4) is 11.5 Å². The summed E-state index contributed by atoms with van der Waals surface area (Å²) in [6.45, 7) is 2.27. The summed E-state index contributed by atoms with van der Waals surface area (Å²) in [5.74, 6) is 0.846. The summed E-state index contributed by atoms with van der Waals surface area (Å²) in [5, 5.41) is 5.98. The number of pyridine rings is 1. The number of para-hydroxylation sites is 2. The maximum atomic E-state index is 14.1. The second-order valence-corrected chi connectivity index (χ2v) is 10.3. The number of rotatable bonds is 13. The molecule has 3 aromatic rings. The molecule has 2 N–H and O–H groups in total. The highest BCUT2D eigenvalue weighted by molar-refractivity contribution is 6.02. The van der Waals surface area contributed by atoms with Crippen LogP contribution in [0.15, 0.2) is 72.9 Å². The summed E-state index contributed by atoms with van der Waals surface area (Å²) in [6, 6.07) is 18.8. The van der Waals surface area contributed by atoms with Crippen LogP contribution in [-0.2, 0) is 14.4 Å². The monoisotopic (exact) mass is 572 g/mol. The van der Waals surface area contributed by atoms with Crippen LogP contribution in [0.3, 0.4) is 0 Å². The molecule has 1 aliphatic rings. The van der Waals surface area contributed by atoms with Gasteiger partial charge in [0, 0.05) is 25.1 Å².